The van der Waals surface area contributed by atoms with Crippen LogP contribution in [-0.4, -0.2) is 41.3 Å². The first kappa shape index (κ1) is 22.0. The van der Waals surface area contributed by atoms with Crippen molar-refractivity contribution in [2.24, 2.45) is 0 Å². The van der Waals surface area contributed by atoms with Crippen LogP contribution < -0.4 is 20.9 Å². The standard InChI is InChI=1S/C23H27IN6S/c1-30(2)21-17-7-3-5-9-19(17)27-22(29-21)25-15-11-13-16(14-12-15)26-23(31)28-20-10-6-4-8-18(20)24/h3-10,15-16H,11-14H2,1-2H3,(H,25,27,29)(H2,26,28,31). The minimum Gasteiger partial charge on any atom is -0.362 e. The molecule has 0 bridgehead atoms. The summed E-state index contributed by atoms with van der Waals surface area (Å²) in [7, 11) is 4.03. The van der Waals surface area contributed by atoms with Gasteiger partial charge in [-0.3, -0.25) is 0 Å². The average Bonchev–Trinajstić information content (AvgIpc) is 2.76. The van der Waals surface area contributed by atoms with Crippen LogP contribution in [0.2, 0.25) is 0 Å². The van der Waals surface area contributed by atoms with Crippen LogP contribution in [0.15, 0.2) is 48.5 Å². The molecule has 0 unspecified atom stereocenters. The summed E-state index contributed by atoms with van der Waals surface area (Å²) in [5.41, 5.74) is 2.01. The molecule has 31 heavy (non-hydrogen) atoms. The van der Waals surface area contributed by atoms with Gasteiger partial charge in [0.2, 0.25) is 5.95 Å². The van der Waals surface area contributed by atoms with E-state index in [0.29, 0.717) is 23.1 Å². The SMILES string of the molecule is CN(C)c1nc(NC2CCC(NC(=S)Nc3ccccc3I)CC2)nc2ccccc12. The van der Waals surface area contributed by atoms with Crippen LogP contribution >= 0.6 is 34.8 Å². The Kier molecular flexibility index (Phi) is 7.06. The lowest BCUT2D eigenvalue weighted by Gasteiger charge is -2.30. The highest BCUT2D eigenvalue weighted by molar-refractivity contribution is 14.1. The molecule has 1 aromatic heterocycles. The normalized spacial score (nSPS) is 18.4. The molecule has 1 heterocycles. The summed E-state index contributed by atoms with van der Waals surface area (Å²) in [6, 6.07) is 17.1. The van der Waals surface area contributed by atoms with Gasteiger partial charge in [-0.1, -0.05) is 24.3 Å². The van der Waals surface area contributed by atoms with Gasteiger partial charge in [-0.05, 0) is 84.8 Å². The Morgan fingerprint density at radius 1 is 0.968 bits per heavy atom. The molecule has 4 rings (SSSR count). The van der Waals surface area contributed by atoms with Gasteiger partial charge in [0, 0.05) is 35.1 Å². The second kappa shape index (κ2) is 9.95. The fraction of sp³-hybridized carbons (Fsp3) is 0.348. The molecule has 8 heteroatoms. The van der Waals surface area contributed by atoms with Gasteiger partial charge in [-0.25, -0.2) is 4.98 Å². The number of nitrogens with zero attached hydrogens (tertiary/aromatic N) is 3. The molecule has 0 radical (unpaired) electrons. The van der Waals surface area contributed by atoms with Gasteiger partial charge < -0.3 is 20.9 Å². The van der Waals surface area contributed by atoms with E-state index in [-0.39, 0.29) is 0 Å². The maximum absolute atomic E-state index is 5.53. The van der Waals surface area contributed by atoms with Crippen LogP contribution in [0.25, 0.3) is 10.9 Å². The Hall–Kier alpha value is -2.20. The summed E-state index contributed by atoms with van der Waals surface area (Å²) in [5.74, 6) is 1.64. The van der Waals surface area contributed by atoms with Crippen molar-refractivity contribution in [3.8, 4) is 0 Å². The first-order chi connectivity index (χ1) is 15.0. The molecule has 3 aromatic rings. The van der Waals surface area contributed by atoms with E-state index < -0.39 is 0 Å². The number of hydrogen-bond acceptors (Lipinski definition) is 5. The molecular formula is C23H27IN6S. The molecule has 6 nitrogen and oxygen atoms in total. The zero-order valence-corrected chi connectivity index (χ0v) is 20.7. The average molecular weight is 546 g/mol. The Labute approximate surface area is 202 Å². The van der Waals surface area contributed by atoms with Gasteiger partial charge >= 0.3 is 0 Å². The van der Waals surface area contributed by atoms with Gasteiger partial charge in [0.15, 0.2) is 5.11 Å². The summed E-state index contributed by atoms with van der Waals surface area (Å²) in [4.78, 5) is 11.6. The van der Waals surface area contributed by atoms with E-state index in [2.05, 4.69) is 50.7 Å². The quantitative estimate of drug-likeness (QED) is 0.307. The largest absolute Gasteiger partial charge is 0.362 e. The van der Waals surface area contributed by atoms with Crippen LogP contribution in [0.3, 0.4) is 0 Å². The van der Waals surface area contributed by atoms with E-state index in [1.54, 1.807) is 0 Å². The van der Waals surface area contributed by atoms with Gasteiger partial charge in [0.05, 0.1) is 11.2 Å². The highest BCUT2D eigenvalue weighted by Crippen LogP contribution is 2.26. The second-order valence-electron chi connectivity index (χ2n) is 8.05. The van der Waals surface area contributed by atoms with E-state index in [1.165, 1.54) is 0 Å². The van der Waals surface area contributed by atoms with E-state index in [4.69, 9.17) is 22.2 Å². The lowest BCUT2D eigenvalue weighted by Crippen LogP contribution is -2.42. The molecule has 0 atom stereocenters. The molecular weight excluding hydrogens is 519 g/mol. The first-order valence-electron chi connectivity index (χ1n) is 10.5. The molecule has 0 aliphatic heterocycles. The van der Waals surface area contributed by atoms with Crippen LogP contribution in [0, 0.1) is 3.57 Å². The number of para-hydroxylation sites is 2. The highest BCUT2D eigenvalue weighted by atomic mass is 127. The topological polar surface area (TPSA) is 65.1 Å². The third-order valence-electron chi connectivity index (χ3n) is 5.52. The number of nitrogens with one attached hydrogen (secondary N) is 3. The number of aromatic nitrogens is 2. The van der Waals surface area contributed by atoms with E-state index in [1.807, 2.05) is 55.4 Å². The van der Waals surface area contributed by atoms with Crippen molar-refractivity contribution in [3.05, 3.63) is 52.1 Å². The lowest BCUT2D eigenvalue weighted by molar-refractivity contribution is 0.387. The molecule has 0 amide bonds. The number of fused-ring (bicyclic) bond motifs is 1. The molecule has 2 aromatic carbocycles. The van der Waals surface area contributed by atoms with Crippen molar-refractivity contribution in [1.29, 1.82) is 0 Å². The maximum Gasteiger partial charge on any atom is 0.225 e. The Balaban J connectivity index is 1.33. The zero-order chi connectivity index (χ0) is 21.8. The molecule has 3 N–H and O–H groups in total. The zero-order valence-electron chi connectivity index (χ0n) is 17.7. The predicted molar refractivity (Wildman–Crippen MR) is 142 cm³/mol. The van der Waals surface area contributed by atoms with Crippen molar-refractivity contribution in [3.63, 3.8) is 0 Å². The van der Waals surface area contributed by atoms with Crippen molar-refractivity contribution >= 4 is 68.3 Å². The van der Waals surface area contributed by atoms with Gasteiger partial charge in [0.25, 0.3) is 0 Å². The molecule has 0 saturated heterocycles. The first-order valence-corrected chi connectivity index (χ1v) is 12.0. The molecule has 0 spiro atoms. The summed E-state index contributed by atoms with van der Waals surface area (Å²) < 4.78 is 1.16. The Bertz CT molecular complexity index is 1060. The molecule has 1 saturated carbocycles. The van der Waals surface area contributed by atoms with Crippen molar-refractivity contribution in [2.75, 3.05) is 29.6 Å². The Morgan fingerprint density at radius 2 is 1.65 bits per heavy atom. The second-order valence-corrected chi connectivity index (χ2v) is 9.62. The highest BCUT2D eigenvalue weighted by Gasteiger charge is 2.23. The molecule has 1 aliphatic rings. The van der Waals surface area contributed by atoms with Crippen molar-refractivity contribution in [1.82, 2.24) is 15.3 Å². The Morgan fingerprint density at radius 3 is 2.39 bits per heavy atom. The predicted octanol–water partition coefficient (Wildman–Crippen LogP) is 5.01. The number of thiocarbonyl (C=S) groups is 1. The summed E-state index contributed by atoms with van der Waals surface area (Å²) >= 11 is 7.84. The maximum atomic E-state index is 5.53. The van der Waals surface area contributed by atoms with Crippen LogP contribution in [0.5, 0.6) is 0 Å². The number of halogens is 1. The molecule has 1 fully saturated rings. The van der Waals surface area contributed by atoms with Gasteiger partial charge in [-0.15, -0.1) is 0 Å². The third-order valence-corrected chi connectivity index (χ3v) is 6.68. The van der Waals surface area contributed by atoms with Crippen LogP contribution in [-0.2, 0) is 0 Å². The van der Waals surface area contributed by atoms with Gasteiger partial charge in [0.1, 0.15) is 5.82 Å². The fourth-order valence-corrected chi connectivity index (χ4v) is 4.74. The summed E-state index contributed by atoms with van der Waals surface area (Å²) in [5, 5.41) is 12.1. The number of rotatable bonds is 5. The fourth-order valence-electron chi connectivity index (χ4n) is 3.94. The third kappa shape index (κ3) is 5.54. The number of hydrogen-bond donors (Lipinski definition) is 3. The lowest BCUT2D eigenvalue weighted by atomic mass is 9.91. The van der Waals surface area contributed by atoms with Gasteiger partial charge in [-0.2, -0.15) is 4.98 Å². The van der Waals surface area contributed by atoms with Crippen molar-refractivity contribution < 1.29 is 0 Å². The van der Waals surface area contributed by atoms with Crippen molar-refractivity contribution in [2.45, 2.75) is 37.8 Å². The smallest absolute Gasteiger partial charge is 0.225 e. The minimum absolute atomic E-state index is 0.367. The van der Waals surface area contributed by atoms with E-state index in [9.17, 15) is 0 Å². The van der Waals surface area contributed by atoms with E-state index >= 15 is 0 Å². The molecule has 1 aliphatic carbocycles. The van der Waals surface area contributed by atoms with Crippen LogP contribution in [0.1, 0.15) is 25.7 Å². The number of benzene rings is 2. The molecule has 162 valence electrons. The minimum atomic E-state index is 0.367. The summed E-state index contributed by atoms with van der Waals surface area (Å²) in [6.45, 7) is 0. The number of anilines is 3. The van der Waals surface area contributed by atoms with E-state index in [0.717, 1.165) is 51.7 Å². The van der Waals surface area contributed by atoms with Crippen LogP contribution in [0.4, 0.5) is 17.5 Å². The summed E-state index contributed by atoms with van der Waals surface area (Å²) in [6.07, 6.45) is 4.21. The monoisotopic (exact) mass is 546 g/mol.